The number of aromatic nitrogens is 2. The Hall–Kier alpha value is -2.42. The molecule has 0 aliphatic carbocycles. The summed E-state index contributed by atoms with van der Waals surface area (Å²) >= 11 is 12.5. The van der Waals surface area contributed by atoms with Gasteiger partial charge in [-0.2, -0.15) is 0 Å². The average Bonchev–Trinajstić information content (AvgIpc) is 2.64. The fourth-order valence-electron chi connectivity index (χ4n) is 3.29. The standard InChI is InChI=1S/C20H10Cl2N2/c21-15-9-10-16-20(17(15)22)24-19-14-8-4-2-6-12(14)11-5-1-3-7-13(11)18(19)23-16/h1-10H. The summed E-state index contributed by atoms with van der Waals surface area (Å²) in [5.41, 5.74) is 3.12. The van der Waals surface area contributed by atoms with Gasteiger partial charge in [0.1, 0.15) is 5.52 Å². The van der Waals surface area contributed by atoms with Crippen molar-refractivity contribution < 1.29 is 0 Å². The van der Waals surface area contributed by atoms with Gasteiger partial charge in [0, 0.05) is 10.8 Å². The van der Waals surface area contributed by atoms with Crippen molar-refractivity contribution in [1.82, 2.24) is 9.97 Å². The predicted molar refractivity (Wildman–Crippen MR) is 102 cm³/mol. The Kier molecular flexibility index (Phi) is 2.93. The molecule has 0 radical (unpaired) electrons. The van der Waals surface area contributed by atoms with E-state index in [0.29, 0.717) is 15.6 Å². The summed E-state index contributed by atoms with van der Waals surface area (Å²) in [5, 5.41) is 5.42. The number of hydrogen-bond donors (Lipinski definition) is 0. The van der Waals surface area contributed by atoms with Crippen LogP contribution in [0.5, 0.6) is 0 Å². The molecule has 0 saturated heterocycles. The molecule has 4 aromatic carbocycles. The number of rotatable bonds is 0. The van der Waals surface area contributed by atoms with E-state index in [1.54, 1.807) is 6.07 Å². The second-order valence-electron chi connectivity index (χ2n) is 5.74. The molecule has 4 heteroatoms. The van der Waals surface area contributed by atoms with Crippen LogP contribution in [0.3, 0.4) is 0 Å². The molecular weight excluding hydrogens is 339 g/mol. The van der Waals surface area contributed by atoms with Crippen LogP contribution in [0.4, 0.5) is 0 Å². The highest BCUT2D eigenvalue weighted by Crippen LogP contribution is 2.36. The minimum absolute atomic E-state index is 0.445. The Bertz CT molecular complexity index is 1280. The molecule has 0 N–H and O–H groups in total. The maximum Gasteiger partial charge on any atom is 0.110 e. The lowest BCUT2D eigenvalue weighted by molar-refractivity contribution is 1.42. The number of nitrogens with zero attached hydrogens (tertiary/aromatic N) is 2. The zero-order valence-corrected chi connectivity index (χ0v) is 13.9. The zero-order valence-electron chi connectivity index (χ0n) is 12.4. The van der Waals surface area contributed by atoms with E-state index in [2.05, 4.69) is 24.3 Å². The molecule has 0 atom stereocenters. The van der Waals surface area contributed by atoms with Gasteiger partial charge in [-0.3, -0.25) is 0 Å². The summed E-state index contributed by atoms with van der Waals surface area (Å²) in [5.74, 6) is 0. The summed E-state index contributed by atoms with van der Waals surface area (Å²) in [7, 11) is 0. The third-order valence-corrected chi connectivity index (χ3v) is 5.18. The molecule has 1 heterocycles. The molecule has 0 aliphatic rings. The van der Waals surface area contributed by atoms with Crippen molar-refractivity contribution in [3.8, 4) is 0 Å². The van der Waals surface area contributed by atoms with Gasteiger partial charge in [0.05, 0.1) is 26.6 Å². The highest BCUT2D eigenvalue weighted by Gasteiger charge is 2.14. The van der Waals surface area contributed by atoms with E-state index in [-0.39, 0.29) is 0 Å². The van der Waals surface area contributed by atoms with E-state index < -0.39 is 0 Å². The van der Waals surface area contributed by atoms with Crippen LogP contribution in [-0.4, -0.2) is 9.97 Å². The molecule has 0 aliphatic heterocycles. The van der Waals surface area contributed by atoms with Crippen molar-refractivity contribution in [3.63, 3.8) is 0 Å². The highest BCUT2D eigenvalue weighted by molar-refractivity contribution is 6.45. The molecule has 1 aromatic heterocycles. The van der Waals surface area contributed by atoms with Crippen LogP contribution in [0.2, 0.25) is 10.0 Å². The molecule has 0 unspecified atom stereocenters. The Morgan fingerprint density at radius 2 is 1.08 bits per heavy atom. The molecule has 0 fully saturated rings. The van der Waals surface area contributed by atoms with Crippen LogP contribution >= 0.6 is 23.2 Å². The van der Waals surface area contributed by atoms with Gasteiger partial charge in [0.2, 0.25) is 0 Å². The smallest absolute Gasteiger partial charge is 0.110 e. The van der Waals surface area contributed by atoms with E-state index in [1.165, 1.54) is 5.39 Å². The van der Waals surface area contributed by atoms with Crippen LogP contribution in [0.1, 0.15) is 0 Å². The third kappa shape index (κ3) is 1.84. The average molecular weight is 349 g/mol. The van der Waals surface area contributed by atoms with Gasteiger partial charge in [-0.25, -0.2) is 9.97 Å². The van der Waals surface area contributed by atoms with Crippen molar-refractivity contribution in [2.75, 3.05) is 0 Å². The summed E-state index contributed by atoms with van der Waals surface area (Å²) in [4.78, 5) is 9.69. The van der Waals surface area contributed by atoms with E-state index in [9.17, 15) is 0 Å². The van der Waals surface area contributed by atoms with Crippen molar-refractivity contribution in [1.29, 1.82) is 0 Å². The number of fused-ring (bicyclic) bond motifs is 7. The summed E-state index contributed by atoms with van der Waals surface area (Å²) in [6, 6.07) is 20.1. The van der Waals surface area contributed by atoms with E-state index in [0.717, 1.165) is 32.7 Å². The van der Waals surface area contributed by atoms with Gasteiger partial charge in [-0.05, 0) is 22.9 Å². The second kappa shape index (κ2) is 5.04. The lowest BCUT2D eigenvalue weighted by Gasteiger charge is -2.10. The van der Waals surface area contributed by atoms with Gasteiger partial charge in [-0.15, -0.1) is 0 Å². The Morgan fingerprint density at radius 1 is 0.542 bits per heavy atom. The topological polar surface area (TPSA) is 25.8 Å². The number of benzene rings is 4. The molecule has 114 valence electrons. The van der Waals surface area contributed by atoms with Crippen LogP contribution in [0.25, 0.3) is 43.6 Å². The molecule has 0 bridgehead atoms. The predicted octanol–water partition coefficient (Wildman–Crippen LogP) is 6.40. The van der Waals surface area contributed by atoms with Gasteiger partial charge in [0.25, 0.3) is 0 Å². The van der Waals surface area contributed by atoms with Gasteiger partial charge >= 0.3 is 0 Å². The van der Waals surface area contributed by atoms with Crippen molar-refractivity contribution >= 4 is 66.8 Å². The Balaban J connectivity index is 2.14. The highest BCUT2D eigenvalue weighted by atomic mass is 35.5. The normalized spacial score (nSPS) is 11.8. The van der Waals surface area contributed by atoms with Gasteiger partial charge in [0.15, 0.2) is 0 Å². The van der Waals surface area contributed by atoms with Crippen molar-refractivity contribution in [3.05, 3.63) is 70.7 Å². The second-order valence-corrected chi connectivity index (χ2v) is 6.53. The maximum atomic E-state index is 6.36. The lowest BCUT2D eigenvalue weighted by Crippen LogP contribution is -1.92. The van der Waals surface area contributed by atoms with Crippen LogP contribution < -0.4 is 0 Å². The molecule has 0 amide bonds. The monoisotopic (exact) mass is 348 g/mol. The maximum absolute atomic E-state index is 6.36. The molecular formula is C20H10Cl2N2. The van der Waals surface area contributed by atoms with Crippen molar-refractivity contribution in [2.45, 2.75) is 0 Å². The number of hydrogen-bond acceptors (Lipinski definition) is 2. The number of halogens is 2. The fourth-order valence-corrected chi connectivity index (χ4v) is 3.64. The summed E-state index contributed by atoms with van der Waals surface area (Å²) < 4.78 is 0. The SMILES string of the molecule is Clc1ccc2nc3c4ccccc4c4ccccc4c3nc2c1Cl. The molecule has 5 rings (SSSR count). The third-order valence-electron chi connectivity index (χ3n) is 4.38. The van der Waals surface area contributed by atoms with E-state index in [4.69, 9.17) is 33.2 Å². The quantitative estimate of drug-likeness (QED) is 0.239. The Morgan fingerprint density at radius 3 is 1.71 bits per heavy atom. The first kappa shape index (κ1) is 14.0. The molecule has 0 spiro atoms. The zero-order chi connectivity index (χ0) is 16.3. The first-order chi connectivity index (χ1) is 11.7. The van der Waals surface area contributed by atoms with Gasteiger partial charge in [-0.1, -0.05) is 71.7 Å². The van der Waals surface area contributed by atoms with E-state index >= 15 is 0 Å². The minimum Gasteiger partial charge on any atom is -0.244 e. The van der Waals surface area contributed by atoms with E-state index in [1.807, 2.05) is 30.3 Å². The summed E-state index contributed by atoms with van der Waals surface area (Å²) in [6.07, 6.45) is 0. The van der Waals surface area contributed by atoms with Crippen LogP contribution in [0, 0.1) is 0 Å². The molecule has 24 heavy (non-hydrogen) atoms. The Labute approximate surface area is 147 Å². The lowest BCUT2D eigenvalue weighted by atomic mass is 9.99. The van der Waals surface area contributed by atoms with Crippen LogP contribution in [-0.2, 0) is 0 Å². The largest absolute Gasteiger partial charge is 0.244 e. The van der Waals surface area contributed by atoms with Crippen LogP contribution in [0.15, 0.2) is 60.7 Å². The van der Waals surface area contributed by atoms with Crippen molar-refractivity contribution in [2.24, 2.45) is 0 Å². The molecule has 0 saturated carbocycles. The summed E-state index contributed by atoms with van der Waals surface area (Å²) in [6.45, 7) is 0. The van der Waals surface area contributed by atoms with Gasteiger partial charge < -0.3 is 0 Å². The fraction of sp³-hybridized carbons (Fsp3) is 0. The minimum atomic E-state index is 0.445. The molecule has 5 aromatic rings. The first-order valence-electron chi connectivity index (χ1n) is 7.59. The first-order valence-corrected chi connectivity index (χ1v) is 8.34. The molecule has 2 nitrogen and oxygen atoms in total.